The fourth-order valence-corrected chi connectivity index (χ4v) is 4.60. The molecule has 0 spiro atoms. The summed E-state index contributed by atoms with van der Waals surface area (Å²) in [6.45, 7) is 0. The quantitative estimate of drug-likeness (QED) is 0.279. The third-order valence-corrected chi connectivity index (χ3v) is 6.18. The number of nitrogens with zero attached hydrogens (tertiary/aromatic N) is 1. The largest absolute Gasteiger partial charge is 0.450 e. The molecular formula is C24H12BrClF3NO3. The van der Waals surface area contributed by atoms with E-state index in [1.807, 2.05) is 0 Å². The van der Waals surface area contributed by atoms with Crippen LogP contribution < -0.4 is 10.3 Å². The second-order valence-electron chi connectivity index (χ2n) is 7.50. The molecule has 1 aromatic heterocycles. The summed E-state index contributed by atoms with van der Waals surface area (Å²) in [6.07, 6.45) is -4.60. The molecule has 33 heavy (non-hydrogen) atoms. The number of fused-ring (bicyclic) bond motifs is 2. The number of hydrogen-bond donors (Lipinski definition) is 0. The highest BCUT2D eigenvalue weighted by atomic mass is 79.9. The Morgan fingerprint density at radius 2 is 1.73 bits per heavy atom. The molecule has 0 N–H and O–H groups in total. The summed E-state index contributed by atoms with van der Waals surface area (Å²) in [7, 11) is 0. The Labute approximate surface area is 198 Å². The average Bonchev–Trinajstić information content (AvgIpc) is 3.06. The van der Waals surface area contributed by atoms with Gasteiger partial charge in [0.15, 0.2) is 5.43 Å². The molecule has 166 valence electrons. The lowest BCUT2D eigenvalue weighted by molar-refractivity contribution is -0.137. The van der Waals surface area contributed by atoms with Crippen LogP contribution >= 0.6 is 27.5 Å². The van der Waals surface area contributed by atoms with Crippen molar-refractivity contribution in [3.63, 3.8) is 0 Å². The highest BCUT2D eigenvalue weighted by Crippen LogP contribution is 2.43. The molecule has 1 unspecified atom stereocenters. The first-order valence-electron chi connectivity index (χ1n) is 9.67. The molecule has 9 heteroatoms. The van der Waals surface area contributed by atoms with Gasteiger partial charge in [-0.25, -0.2) is 0 Å². The Kier molecular flexibility index (Phi) is 5.10. The highest BCUT2D eigenvalue weighted by Gasteiger charge is 2.44. The van der Waals surface area contributed by atoms with Gasteiger partial charge in [-0.1, -0.05) is 45.7 Å². The van der Waals surface area contributed by atoms with Crippen LogP contribution in [0.4, 0.5) is 18.9 Å². The lowest BCUT2D eigenvalue weighted by atomic mass is 9.98. The van der Waals surface area contributed by atoms with Gasteiger partial charge in [0, 0.05) is 15.2 Å². The van der Waals surface area contributed by atoms with Crippen LogP contribution in [-0.4, -0.2) is 5.91 Å². The fourth-order valence-electron chi connectivity index (χ4n) is 4.04. The standard InChI is InChI=1S/C24H12BrClF3NO3/c25-14-7-8-18-17(11-14)21(31)19-20(12-3-1-5-15(26)9-12)30(23(32)22(19)33-18)16-6-2-4-13(10-16)24(27,28)29/h1-11,20H. The van der Waals surface area contributed by atoms with Crippen LogP contribution in [0.2, 0.25) is 5.02 Å². The zero-order valence-electron chi connectivity index (χ0n) is 16.5. The number of benzene rings is 3. The summed E-state index contributed by atoms with van der Waals surface area (Å²) in [6, 6.07) is 14.7. The maximum Gasteiger partial charge on any atom is 0.416 e. The van der Waals surface area contributed by atoms with Crippen LogP contribution in [0.25, 0.3) is 11.0 Å². The number of hydrogen-bond acceptors (Lipinski definition) is 3. The minimum absolute atomic E-state index is 0.0177. The summed E-state index contributed by atoms with van der Waals surface area (Å²) in [4.78, 5) is 28.1. The van der Waals surface area contributed by atoms with E-state index in [0.717, 1.165) is 17.0 Å². The van der Waals surface area contributed by atoms with Gasteiger partial charge in [0.25, 0.3) is 5.91 Å². The third-order valence-electron chi connectivity index (χ3n) is 5.45. The molecule has 2 heterocycles. The highest BCUT2D eigenvalue weighted by molar-refractivity contribution is 9.10. The minimum Gasteiger partial charge on any atom is -0.450 e. The molecule has 5 rings (SSSR count). The van der Waals surface area contributed by atoms with E-state index in [2.05, 4.69) is 15.9 Å². The van der Waals surface area contributed by atoms with Crippen LogP contribution in [0.5, 0.6) is 0 Å². The maximum atomic E-state index is 13.5. The van der Waals surface area contributed by atoms with Crippen molar-refractivity contribution in [3.05, 3.63) is 109 Å². The van der Waals surface area contributed by atoms with Crippen LogP contribution in [0, 0.1) is 0 Å². The molecule has 0 fully saturated rings. The third kappa shape index (κ3) is 3.63. The monoisotopic (exact) mass is 533 g/mol. The summed E-state index contributed by atoms with van der Waals surface area (Å²) in [5.41, 5.74) is -0.664. The predicted octanol–water partition coefficient (Wildman–Crippen LogP) is 6.98. The lowest BCUT2D eigenvalue weighted by Gasteiger charge is -2.26. The number of halogens is 5. The predicted molar refractivity (Wildman–Crippen MR) is 122 cm³/mol. The van der Waals surface area contributed by atoms with E-state index in [-0.39, 0.29) is 28.0 Å². The van der Waals surface area contributed by atoms with Gasteiger partial charge in [0.2, 0.25) is 5.76 Å². The molecular weight excluding hydrogens is 523 g/mol. The molecule has 1 aliphatic rings. The van der Waals surface area contributed by atoms with E-state index in [9.17, 15) is 22.8 Å². The van der Waals surface area contributed by atoms with Gasteiger partial charge in [-0.2, -0.15) is 13.2 Å². The molecule has 0 radical (unpaired) electrons. The van der Waals surface area contributed by atoms with Crippen molar-refractivity contribution >= 4 is 50.1 Å². The Hall–Kier alpha value is -3.10. The Morgan fingerprint density at radius 1 is 0.970 bits per heavy atom. The Balaban J connectivity index is 1.81. The molecule has 1 aliphatic heterocycles. The van der Waals surface area contributed by atoms with Gasteiger partial charge < -0.3 is 4.42 Å². The SMILES string of the molecule is O=C1c2oc3ccc(Br)cc3c(=O)c2C(c2cccc(Cl)c2)N1c1cccc(C(F)(F)F)c1. The maximum absolute atomic E-state index is 13.5. The molecule has 3 aromatic carbocycles. The fraction of sp³-hybridized carbons (Fsp3) is 0.0833. The van der Waals surface area contributed by atoms with Crippen molar-refractivity contribution in [2.75, 3.05) is 4.90 Å². The van der Waals surface area contributed by atoms with Gasteiger partial charge in [0.1, 0.15) is 5.58 Å². The van der Waals surface area contributed by atoms with Gasteiger partial charge in [-0.15, -0.1) is 0 Å². The summed E-state index contributed by atoms with van der Waals surface area (Å²) in [5.74, 6) is -0.923. The van der Waals surface area contributed by atoms with Crippen molar-refractivity contribution in [2.24, 2.45) is 0 Å². The summed E-state index contributed by atoms with van der Waals surface area (Å²) < 4.78 is 46.6. The number of amides is 1. The molecule has 0 bridgehead atoms. The average molecular weight is 535 g/mol. The first-order chi connectivity index (χ1) is 15.6. The first-order valence-corrected chi connectivity index (χ1v) is 10.8. The first kappa shape index (κ1) is 21.7. The van der Waals surface area contributed by atoms with E-state index in [1.165, 1.54) is 12.1 Å². The smallest absolute Gasteiger partial charge is 0.416 e. The van der Waals surface area contributed by atoms with Crippen molar-refractivity contribution in [1.82, 2.24) is 0 Å². The van der Waals surface area contributed by atoms with E-state index in [4.69, 9.17) is 16.0 Å². The minimum atomic E-state index is -4.60. The Morgan fingerprint density at radius 3 is 2.45 bits per heavy atom. The van der Waals surface area contributed by atoms with Crippen LogP contribution in [0.1, 0.15) is 33.3 Å². The number of carbonyl (C=O) groups is 1. The van der Waals surface area contributed by atoms with E-state index < -0.39 is 29.1 Å². The van der Waals surface area contributed by atoms with Crippen molar-refractivity contribution in [2.45, 2.75) is 12.2 Å². The van der Waals surface area contributed by atoms with Crippen molar-refractivity contribution < 1.29 is 22.4 Å². The zero-order chi connectivity index (χ0) is 23.5. The van der Waals surface area contributed by atoms with Crippen LogP contribution in [-0.2, 0) is 6.18 Å². The molecule has 0 saturated heterocycles. The molecule has 4 aromatic rings. The number of anilines is 1. The Bertz CT molecular complexity index is 1500. The van der Waals surface area contributed by atoms with Gasteiger partial charge in [-0.3, -0.25) is 14.5 Å². The van der Waals surface area contributed by atoms with Crippen LogP contribution in [0.15, 0.2) is 80.4 Å². The van der Waals surface area contributed by atoms with E-state index in [0.29, 0.717) is 15.1 Å². The van der Waals surface area contributed by atoms with Gasteiger partial charge in [0.05, 0.1) is 22.6 Å². The van der Waals surface area contributed by atoms with E-state index >= 15 is 0 Å². The lowest BCUT2D eigenvalue weighted by Crippen LogP contribution is -2.29. The second-order valence-corrected chi connectivity index (χ2v) is 8.85. The second kappa shape index (κ2) is 7.74. The number of alkyl halides is 3. The van der Waals surface area contributed by atoms with Crippen molar-refractivity contribution in [3.8, 4) is 0 Å². The van der Waals surface area contributed by atoms with Crippen LogP contribution in [0.3, 0.4) is 0 Å². The zero-order valence-corrected chi connectivity index (χ0v) is 18.8. The molecule has 1 atom stereocenters. The molecule has 0 aliphatic carbocycles. The van der Waals surface area contributed by atoms with Gasteiger partial charge >= 0.3 is 6.18 Å². The summed E-state index contributed by atoms with van der Waals surface area (Å²) in [5, 5.41) is 0.596. The summed E-state index contributed by atoms with van der Waals surface area (Å²) >= 11 is 9.48. The molecule has 1 amide bonds. The number of rotatable bonds is 2. The van der Waals surface area contributed by atoms with Crippen molar-refractivity contribution in [1.29, 1.82) is 0 Å². The molecule has 0 saturated carbocycles. The number of carbonyl (C=O) groups excluding carboxylic acids is 1. The normalized spacial score (nSPS) is 15.8. The van der Waals surface area contributed by atoms with Gasteiger partial charge in [-0.05, 0) is 54.1 Å². The van der Waals surface area contributed by atoms with E-state index in [1.54, 1.807) is 42.5 Å². The topological polar surface area (TPSA) is 50.5 Å². The molecule has 4 nitrogen and oxygen atoms in total.